The predicted molar refractivity (Wildman–Crippen MR) is 91.0 cm³/mol. The molecule has 6 heteroatoms. The molecule has 0 radical (unpaired) electrons. The standard InChI is InChI=1S/C18H26N2O4/c1-12(2)16(13-4-6-15(24-3)7-5-13)19-18(23)20-10-8-14(9-11-20)17(21)22/h4-7,12,14,16H,8-11H2,1-3H3,(H,19,23)(H,21,22). The lowest BCUT2D eigenvalue weighted by Crippen LogP contribution is -2.47. The van der Waals surface area contributed by atoms with Crippen LogP contribution >= 0.6 is 0 Å². The van der Waals surface area contributed by atoms with Gasteiger partial charge < -0.3 is 20.1 Å². The lowest BCUT2D eigenvalue weighted by atomic mass is 9.95. The Morgan fingerprint density at radius 3 is 2.25 bits per heavy atom. The third kappa shape index (κ3) is 4.40. The van der Waals surface area contributed by atoms with Gasteiger partial charge in [0.25, 0.3) is 0 Å². The lowest BCUT2D eigenvalue weighted by molar-refractivity contribution is -0.143. The van der Waals surface area contributed by atoms with Crippen molar-refractivity contribution in [3.05, 3.63) is 29.8 Å². The van der Waals surface area contributed by atoms with Gasteiger partial charge in [-0.15, -0.1) is 0 Å². The highest BCUT2D eigenvalue weighted by Gasteiger charge is 2.28. The quantitative estimate of drug-likeness (QED) is 0.868. The normalized spacial score (nSPS) is 16.8. The summed E-state index contributed by atoms with van der Waals surface area (Å²) in [7, 11) is 1.62. The van der Waals surface area contributed by atoms with Gasteiger partial charge in [0.15, 0.2) is 0 Å². The minimum atomic E-state index is -0.770. The molecular formula is C18H26N2O4. The Morgan fingerprint density at radius 2 is 1.79 bits per heavy atom. The van der Waals surface area contributed by atoms with Crippen molar-refractivity contribution in [2.45, 2.75) is 32.7 Å². The zero-order chi connectivity index (χ0) is 17.7. The molecule has 1 unspecified atom stereocenters. The smallest absolute Gasteiger partial charge is 0.317 e. The number of benzene rings is 1. The number of carboxylic acid groups (broad SMARTS) is 1. The van der Waals surface area contributed by atoms with Crippen LogP contribution in [0.1, 0.15) is 38.3 Å². The number of carbonyl (C=O) groups excluding carboxylic acids is 1. The number of nitrogens with zero attached hydrogens (tertiary/aromatic N) is 1. The number of methoxy groups -OCH3 is 1. The van der Waals surface area contributed by atoms with E-state index in [2.05, 4.69) is 19.2 Å². The fourth-order valence-electron chi connectivity index (χ4n) is 3.00. The number of aliphatic carboxylic acids is 1. The molecule has 24 heavy (non-hydrogen) atoms. The van der Waals surface area contributed by atoms with Crippen LogP contribution in [0.15, 0.2) is 24.3 Å². The summed E-state index contributed by atoms with van der Waals surface area (Å²) < 4.78 is 5.17. The number of carbonyl (C=O) groups is 2. The van der Waals surface area contributed by atoms with Crippen LogP contribution in [0.2, 0.25) is 0 Å². The number of urea groups is 1. The van der Waals surface area contributed by atoms with E-state index in [1.165, 1.54) is 0 Å². The molecule has 2 rings (SSSR count). The summed E-state index contributed by atoms with van der Waals surface area (Å²) in [6.45, 7) is 5.09. The van der Waals surface area contributed by atoms with Gasteiger partial charge in [0, 0.05) is 13.1 Å². The van der Waals surface area contributed by atoms with Crippen molar-refractivity contribution < 1.29 is 19.4 Å². The van der Waals surface area contributed by atoms with Gasteiger partial charge in [-0.2, -0.15) is 0 Å². The summed E-state index contributed by atoms with van der Waals surface area (Å²) in [5.41, 5.74) is 1.03. The molecule has 0 saturated carbocycles. The Labute approximate surface area is 142 Å². The van der Waals surface area contributed by atoms with Crippen LogP contribution < -0.4 is 10.1 Å². The van der Waals surface area contributed by atoms with Crippen molar-refractivity contribution in [3.63, 3.8) is 0 Å². The summed E-state index contributed by atoms with van der Waals surface area (Å²) in [5.74, 6) is -0.0906. The Morgan fingerprint density at radius 1 is 1.21 bits per heavy atom. The first-order valence-corrected chi connectivity index (χ1v) is 8.34. The predicted octanol–water partition coefficient (Wildman–Crippen LogP) is 2.90. The van der Waals surface area contributed by atoms with E-state index in [0.717, 1.165) is 11.3 Å². The van der Waals surface area contributed by atoms with Crippen molar-refractivity contribution in [2.24, 2.45) is 11.8 Å². The van der Waals surface area contributed by atoms with Crippen LogP contribution in [0.5, 0.6) is 5.75 Å². The molecule has 0 aromatic heterocycles. The first kappa shape index (κ1) is 18.1. The van der Waals surface area contributed by atoms with Crippen LogP contribution in [-0.2, 0) is 4.79 Å². The summed E-state index contributed by atoms with van der Waals surface area (Å²) in [6, 6.07) is 7.46. The van der Waals surface area contributed by atoms with E-state index in [1.54, 1.807) is 12.0 Å². The van der Waals surface area contributed by atoms with E-state index in [1.807, 2.05) is 24.3 Å². The molecule has 1 fully saturated rings. The van der Waals surface area contributed by atoms with Crippen molar-refractivity contribution in [1.82, 2.24) is 10.2 Å². The summed E-state index contributed by atoms with van der Waals surface area (Å²) in [5, 5.41) is 12.1. The molecule has 0 spiro atoms. The minimum Gasteiger partial charge on any atom is -0.497 e. The second-order valence-corrected chi connectivity index (χ2v) is 6.54. The van der Waals surface area contributed by atoms with Gasteiger partial charge in [-0.3, -0.25) is 4.79 Å². The molecule has 1 atom stereocenters. The first-order valence-electron chi connectivity index (χ1n) is 8.34. The number of piperidine rings is 1. The summed E-state index contributed by atoms with van der Waals surface area (Å²) in [4.78, 5) is 25.2. The van der Waals surface area contributed by atoms with Gasteiger partial charge in [-0.1, -0.05) is 26.0 Å². The maximum Gasteiger partial charge on any atom is 0.317 e. The monoisotopic (exact) mass is 334 g/mol. The summed E-state index contributed by atoms with van der Waals surface area (Å²) in [6.07, 6.45) is 1.02. The molecule has 1 aromatic carbocycles. The Hall–Kier alpha value is -2.24. The number of amides is 2. The van der Waals surface area contributed by atoms with E-state index >= 15 is 0 Å². The second kappa shape index (κ2) is 8.04. The molecule has 6 nitrogen and oxygen atoms in total. The molecular weight excluding hydrogens is 308 g/mol. The third-order valence-electron chi connectivity index (χ3n) is 4.55. The fraction of sp³-hybridized carbons (Fsp3) is 0.556. The molecule has 1 aromatic rings. The van der Waals surface area contributed by atoms with E-state index in [4.69, 9.17) is 9.84 Å². The summed E-state index contributed by atoms with van der Waals surface area (Å²) >= 11 is 0. The molecule has 1 heterocycles. The van der Waals surface area contributed by atoms with E-state index < -0.39 is 5.97 Å². The molecule has 2 amide bonds. The number of carboxylic acids is 1. The van der Waals surface area contributed by atoms with E-state index in [0.29, 0.717) is 25.9 Å². The third-order valence-corrected chi connectivity index (χ3v) is 4.55. The fourth-order valence-corrected chi connectivity index (χ4v) is 3.00. The number of hydrogen-bond acceptors (Lipinski definition) is 3. The zero-order valence-corrected chi connectivity index (χ0v) is 14.5. The zero-order valence-electron chi connectivity index (χ0n) is 14.5. The van der Waals surface area contributed by atoms with Crippen LogP contribution in [0, 0.1) is 11.8 Å². The largest absolute Gasteiger partial charge is 0.497 e. The number of likely N-dealkylation sites (tertiary alicyclic amines) is 1. The van der Waals surface area contributed by atoms with Crippen LogP contribution in [0.4, 0.5) is 4.79 Å². The van der Waals surface area contributed by atoms with Gasteiger partial charge in [-0.05, 0) is 36.5 Å². The molecule has 0 aliphatic carbocycles. The molecule has 0 bridgehead atoms. The molecule has 132 valence electrons. The van der Waals surface area contributed by atoms with Gasteiger partial charge in [-0.25, -0.2) is 4.79 Å². The van der Waals surface area contributed by atoms with Crippen molar-refractivity contribution in [3.8, 4) is 5.75 Å². The molecule has 2 N–H and O–H groups in total. The van der Waals surface area contributed by atoms with Crippen LogP contribution in [0.3, 0.4) is 0 Å². The van der Waals surface area contributed by atoms with Crippen molar-refractivity contribution >= 4 is 12.0 Å². The van der Waals surface area contributed by atoms with Crippen LogP contribution in [-0.4, -0.2) is 42.2 Å². The number of hydrogen-bond donors (Lipinski definition) is 2. The molecule has 1 saturated heterocycles. The van der Waals surface area contributed by atoms with Crippen molar-refractivity contribution in [1.29, 1.82) is 0 Å². The average molecular weight is 334 g/mol. The van der Waals surface area contributed by atoms with Crippen LogP contribution in [0.25, 0.3) is 0 Å². The van der Waals surface area contributed by atoms with Gasteiger partial charge >= 0.3 is 12.0 Å². The maximum absolute atomic E-state index is 12.5. The number of nitrogens with one attached hydrogen (secondary N) is 1. The average Bonchev–Trinajstić information content (AvgIpc) is 2.59. The molecule has 1 aliphatic rings. The van der Waals surface area contributed by atoms with E-state index in [-0.39, 0.29) is 23.9 Å². The van der Waals surface area contributed by atoms with E-state index in [9.17, 15) is 9.59 Å². The minimum absolute atomic E-state index is 0.0967. The van der Waals surface area contributed by atoms with Gasteiger partial charge in [0.05, 0.1) is 19.1 Å². The highest BCUT2D eigenvalue weighted by atomic mass is 16.5. The van der Waals surface area contributed by atoms with Gasteiger partial charge in [0.2, 0.25) is 0 Å². The lowest BCUT2D eigenvalue weighted by Gasteiger charge is -2.32. The second-order valence-electron chi connectivity index (χ2n) is 6.54. The maximum atomic E-state index is 12.5. The Balaban J connectivity index is 1.99. The number of ether oxygens (including phenoxy) is 1. The SMILES string of the molecule is COc1ccc(C(NC(=O)N2CCC(C(=O)O)CC2)C(C)C)cc1. The van der Waals surface area contributed by atoms with Crippen molar-refractivity contribution in [2.75, 3.05) is 20.2 Å². The topological polar surface area (TPSA) is 78.9 Å². The highest BCUT2D eigenvalue weighted by Crippen LogP contribution is 2.25. The Kier molecular flexibility index (Phi) is 6.06. The molecule has 1 aliphatic heterocycles. The number of rotatable bonds is 5. The Bertz CT molecular complexity index is 563. The first-order chi connectivity index (χ1) is 11.4. The van der Waals surface area contributed by atoms with Gasteiger partial charge in [0.1, 0.15) is 5.75 Å². The highest BCUT2D eigenvalue weighted by molar-refractivity contribution is 5.76.